The molecule has 0 aliphatic carbocycles. The van der Waals surface area contributed by atoms with E-state index in [0.29, 0.717) is 26.4 Å². The highest BCUT2D eigenvalue weighted by atomic mass is 32.2. The van der Waals surface area contributed by atoms with Gasteiger partial charge in [0.05, 0.1) is 6.61 Å². The highest BCUT2D eigenvalue weighted by Crippen LogP contribution is 2.29. The van der Waals surface area contributed by atoms with Gasteiger partial charge in [0, 0.05) is 25.9 Å². The van der Waals surface area contributed by atoms with E-state index in [0.717, 1.165) is 31.1 Å². The molecule has 192 valence electrons. The monoisotopic (exact) mass is 492 g/mol. The number of hydrogen-bond donors (Lipinski definition) is 0. The Hall–Kier alpha value is -0.0831. The molecule has 0 rings (SSSR count). The van der Waals surface area contributed by atoms with Crippen molar-refractivity contribution in [2.45, 2.75) is 123 Å². The molecule has 7 heteroatoms. The number of thioether (sulfide) groups is 1. The predicted molar refractivity (Wildman–Crippen MR) is 139 cm³/mol. The van der Waals surface area contributed by atoms with Gasteiger partial charge in [0.1, 0.15) is 4.75 Å². The van der Waals surface area contributed by atoms with Crippen LogP contribution in [-0.2, 0) is 22.8 Å². The van der Waals surface area contributed by atoms with Crippen LogP contribution in [0, 0.1) is 0 Å². The summed E-state index contributed by atoms with van der Waals surface area (Å²) in [5.41, 5.74) is 0. The molecule has 0 heterocycles. The lowest BCUT2D eigenvalue weighted by Crippen LogP contribution is -2.46. The zero-order chi connectivity index (χ0) is 24.1. The number of carbonyl (C=O) groups excluding carboxylic acids is 1. The lowest BCUT2D eigenvalue weighted by molar-refractivity contribution is -0.145. The van der Waals surface area contributed by atoms with Crippen molar-refractivity contribution in [2.24, 2.45) is 0 Å². The Morgan fingerprint density at radius 2 is 1.19 bits per heavy atom. The molecule has 32 heavy (non-hydrogen) atoms. The van der Waals surface area contributed by atoms with Crippen LogP contribution >= 0.6 is 11.8 Å². The molecule has 0 fully saturated rings. The molecule has 0 aromatic carbocycles. The first-order valence-corrected chi connectivity index (χ1v) is 16.0. The fourth-order valence-corrected chi connectivity index (χ4v) is 7.45. The van der Waals surface area contributed by atoms with Crippen molar-refractivity contribution in [1.82, 2.24) is 0 Å². The Bertz CT molecular complexity index is 431. The number of ether oxygens (including phenoxy) is 1. The van der Waals surface area contributed by atoms with Crippen LogP contribution in [0.1, 0.15) is 112 Å². The van der Waals surface area contributed by atoms with Gasteiger partial charge in [-0.2, -0.15) is 0 Å². The largest absolute Gasteiger partial charge is 0.500 e. The minimum atomic E-state index is -2.60. The zero-order valence-electron chi connectivity index (χ0n) is 22.0. The number of carbonyl (C=O) groups is 1. The van der Waals surface area contributed by atoms with Crippen LogP contribution in [0.5, 0.6) is 0 Å². The van der Waals surface area contributed by atoms with Gasteiger partial charge in [-0.15, -0.1) is 11.8 Å². The van der Waals surface area contributed by atoms with Crippen molar-refractivity contribution >= 4 is 26.5 Å². The second-order valence-corrected chi connectivity index (χ2v) is 13.2. The first-order chi connectivity index (χ1) is 15.4. The van der Waals surface area contributed by atoms with Gasteiger partial charge in [0.15, 0.2) is 0 Å². The van der Waals surface area contributed by atoms with Crippen LogP contribution < -0.4 is 0 Å². The van der Waals surface area contributed by atoms with Gasteiger partial charge < -0.3 is 18.0 Å². The highest BCUT2D eigenvalue weighted by Gasteiger charge is 2.40. The second kappa shape index (κ2) is 20.3. The Labute approximate surface area is 204 Å². The van der Waals surface area contributed by atoms with E-state index >= 15 is 0 Å². The minimum Gasteiger partial charge on any atom is -0.465 e. The van der Waals surface area contributed by atoms with Crippen molar-refractivity contribution < 1.29 is 22.8 Å². The maximum Gasteiger partial charge on any atom is 0.500 e. The molecule has 0 aromatic heterocycles. The Morgan fingerprint density at radius 1 is 0.719 bits per heavy atom. The summed E-state index contributed by atoms with van der Waals surface area (Å²) >= 11 is 1.65. The van der Waals surface area contributed by atoms with Crippen LogP contribution in [0.15, 0.2) is 0 Å². The molecular formula is C25H52O5SSi. The van der Waals surface area contributed by atoms with Crippen molar-refractivity contribution in [3.8, 4) is 0 Å². The van der Waals surface area contributed by atoms with Gasteiger partial charge in [-0.25, -0.2) is 0 Å². The normalized spacial score (nSPS) is 12.3. The van der Waals surface area contributed by atoms with Crippen LogP contribution in [-0.4, -0.2) is 51.7 Å². The van der Waals surface area contributed by atoms with E-state index in [4.69, 9.17) is 18.0 Å². The molecule has 0 atom stereocenters. The van der Waals surface area contributed by atoms with Crippen LogP contribution in [0.4, 0.5) is 0 Å². The second-order valence-electron chi connectivity index (χ2n) is 8.76. The van der Waals surface area contributed by atoms with Gasteiger partial charge in [-0.05, 0) is 53.2 Å². The predicted octanol–water partition coefficient (Wildman–Crippen LogP) is 7.40. The molecule has 0 unspecified atom stereocenters. The Balaban J connectivity index is 3.99. The average molecular weight is 493 g/mol. The number of hydrogen-bond acceptors (Lipinski definition) is 6. The molecule has 0 N–H and O–H groups in total. The molecular weight excluding hydrogens is 440 g/mol. The molecule has 0 amide bonds. The molecule has 0 radical (unpaired) electrons. The molecule has 0 saturated heterocycles. The smallest absolute Gasteiger partial charge is 0.465 e. The van der Waals surface area contributed by atoms with E-state index in [1.54, 1.807) is 11.8 Å². The van der Waals surface area contributed by atoms with Crippen molar-refractivity contribution in [3.05, 3.63) is 0 Å². The summed E-state index contributed by atoms with van der Waals surface area (Å²) < 4.78 is 22.7. The SMILES string of the molecule is CCCCCCCCCCCCOC(=O)C(C)(C)SCCC[Si](OCC)(OCC)OCC. The summed E-state index contributed by atoms with van der Waals surface area (Å²) in [6, 6.07) is 0.777. The summed E-state index contributed by atoms with van der Waals surface area (Å²) in [4.78, 5) is 12.5. The summed E-state index contributed by atoms with van der Waals surface area (Å²) in [5, 5.41) is 0. The van der Waals surface area contributed by atoms with Crippen molar-refractivity contribution in [1.29, 1.82) is 0 Å². The van der Waals surface area contributed by atoms with E-state index in [9.17, 15) is 4.79 Å². The van der Waals surface area contributed by atoms with Crippen molar-refractivity contribution in [3.63, 3.8) is 0 Å². The van der Waals surface area contributed by atoms with Gasteiger partial charge in [0.25, 0.3) is 0 Å². The van der Waals surface area contributed by atoms with Crippen LogP contribution in [0.2, 0.25) is 6.04 Å². The third-order valence-electron chi connectivity index (χ3n) is 5.41. The van der Waals surface area contributed by atoms with Gasteiger partial charge in [-0.1, -0.05) is 64.7 Å². The van der Waals surface area contributed by atoms with Gasteiger partial charge in [0.2, 0.25) is 0 Å². The molecule has 0 spiro atoms. The Morgan fingerprint density at radius 3 is 1.66 bits per heavy atom. The lowest BCUT2D eigenvalue weighted by Gasteiger charge is -2.29. The number of esters is 1. The van der Waals surface area contributed by atoms with E-state index in [-0.39, 0.29) is 5.97 Å². The van der Waals surface area contributed by atoms with Crippen LogP contribution in [0.25, 0.3) is 0 Å². The molecule has 0 aliphatic heterocycles. The first-order valence-electron chi connectivity index (χ1n) is 13.1. The van der Waals surface area contributed by atoms with E-state index in [1.165, 1.54) is 51.4 Å². The molecule has 0 bridgehead atoms. The first kappa shape index (κ1) is 31.9. The fourth-order valence-electron chi connectivity index (χ4n) is 3.60. The number of unbranched alkanes of at least 4 members (excludes halogenated alkanes) is 9. The third kappa shape index (κ3) is 15.7. The molecule has 5 nitrogen and oxygen atoms in total. The number of rotatable bonds is 23. The molecule has 0 saturated carbocycles. The summed E-state index contributed by atoms with van der Waals surface area (Å²) in [5.74, 6) is 0.740. The van der Waals surface area contributed by atoms with Crippen LogP contribution in [0.3, 0.4) is 0 Å². The zero-order valence-corrected chi connectivity index (χ0v) is 23.8. The fraction of sp³-hybridized carbons (Fsp3) is 0.960. The van der Waals surface area contributed by atoms with Gasteiger partial charge in [-0.3, -0.25) is 4.79 Å². The molecule has 0 aliphatic rings. The maximum absolute atomic E-state index is 12.5. The minimum absolute atomic E-state index is 0.110. The average Bonchev–Trinajstić information content (AvgIpc) is 2.75. The Kier molecular flexibility index (Phi) is 20.3. The maximum atomic E-state index is 12.5. The van der Waals surface area contributed by atoms with Crippen molar-refractivity contribution in [2.75, 3.05) is 32.2 Å². The summed E-state index contributed by atoms with van der Waals surface area (Å²) in [7, 11) is -2.60. The topological polar surface area (TPSA) is 54.0 Å². The summed E-state index contributed by atoms with van der Waals surface area (Å²) in [6.45, 7) is 14.4. The van der Waals surface area contributed by atoms with Gasteiger partial charge >= 0.3 is 14.8 Å². The van der Waals surface area contributed by atoms with E-state index < -0.39 is 13.6 Å². The third-order valence-corrected chi connectivity index (χ3v) is 9.94. The van der Waals surface area contributed by atoms with E-state index in [2.05, 4.69) is 6.92 Å². The highest BCUT2D eigenvalue weighted by molar-refractivity contribution is 8.01. The lowest BCUT2D eigenvalue weighted by atomic mass is 10.1. The van der Waals surface area contributed by atoms with E-state index in [1.807, 2.05) is 34.6 Å². The standard InChI is InChI=1S/C25H52O5SSi/c1-7-11-12-13-14-15-16-17-18-19-21-27-24(26)25(5,6)31-22-20-23-32(28-8-2,29-9-3)30-10-4/h7-23H2,1-6H3. The quantitative estimate of drug-likeness (QED) is 0.0841. The summed E-state index contributed by atoms with van der Waals surface area (Å²) in [6.07, 6.45) is 13.7. The molecule has 0 aromatic rings.